The molecule has 1 heterocycles. The Kier molecular flexibility index (Phi) is 1.50. The van der Waals surface area contributed by atoms with Gasteiger partial charge in [0.25, 0.3) is 0 Å². The number of likely N-dealkylation sites (N-methyl/N-ethyl adjacent to an activating group) is 1. The molecule has 9 heavy (non-hydrogen) atoms. The average Bonchev–Trinajstić information content (AvgIpc) is 1.96. The van der Waals surface area contributed by atoms with Crippen LogP contribution in [0, 0.1) is 0 Å². The number of likely N-dealkylation sites (tertiary alicyclic amines) is 1. The van der Waals surface area contributed by atoms with E-state index in [0.29, 0.717) is 6.42 Å². The second-order valence-corrected chi connectivity index (χ2v) is 2.82. The summed E-state index contributed by atoms with van der Waals surface area (Å²) in [6.45, 7) is 2.40. The summed E-state index contributed by atoms with van der Waals surface area (Å²) in [6, 6.07) is 0. The molecule has 3 nitrogen and oxygen atoms in total. The van der Waals surface area contributed by atoms with Crippen LogP contribution >= 0.6 is 0 Å². The maximum absolute atomic E-state index is 9.41. The molecule has 0 aliphatic carbocycles. The van der Waals surface area contributed by atoms with Crippen LogP contribution in [0.5, 0.6) is 0 Å². The van der Waals surface area contributed by atoms with E-state index in [0.717, 1.165) is 6.54 Å². The van der Waals surface area contributed by atoms with Gasteiger partial charge < -0.3 is 10.2 Å². The van der Waals surface area contributed by atoms with Gasteiger partial charge in [-0.05, 0) is 20.4 Å². The van der Waals surface area contributed by atoms with E-state index in [-0.39, 0.29) is 0 Å². The molecule has 0 aromatic rings. The zero-order valence-electron chi connectivity index (χ0n) is 5.83. The average molecular weight is 131 g/mol. The Morgan fingerprint density at radius 3 is 2.33 bits per heavy atom. The Hall–Kier alpha value is -0.120. The summed E-state index contributed by atoms with van der Waals surface area (Å²) in [5.41, 5.74) is -1.00. The van der Waals surface area contributed by atoms with Crippen molar-refractivity contribution >= 4 is 0 Å². The Balaban J connectivity index is 2.66. The zero-order valence-corrected chi connectivity index (χ0v) is 5.83. The zero-order chi connectivity index (χ0) is 7.07. The van der Waals surface area contributed by atoms with Crippen LogP contribution in [-0.4, -0.2) is 40.5 Å². The van der Waals surface area contributed by atoms with Crippen LogP contribution in [0.15, 0.2) is 0 Å². The highest BCUT2D eigenvalue weighted by Gasteiger charge is 2.39. The number of nitrogens with zero attached hydrogens (tertiary/aromatic N) is 1. The van der Waals surface area contributed by atoms with Crippen LogP contribution in [0.25, 0.3) is 0 Å². The van der Waals surface area contributed by atoms with Crippen LogP contribution < -0.4 is 0 Å². The molecule has 0 bridgehead atoms. The number of aliphatic hydroxyl groups is 2. The van der Waals surface area contributed by atoms with Gasteiger partial charge >= 0.3 is 0 Å². The van der Waals surface area contributed by atoms with E-state index in [9.17, 15) is 5.11 Å². The molecule has 54 valence electrons. The molecule has 3 heteroatoms. The highest BCUT2D eigenvalue weighted by molar-refractivity contribution is 4.87. The minimum atomic E-state index is -1.00. The molecule has 0 aromatic carbocycles. The predicted molar refractivity (Wildman–Crippen MR) is 33.9 cm³/mol. The van der Waals surface area contributed by atoms with E-state index in [1.807, 2.05) is 0 Å². The molecule has 1 fully saturated rings. The summed E-state index contributed by atoms with van der Waals surface area (Å²) in [5, 5.41) is 18.5. The van der Waals surface area contributed by atoms with Crippen LogP contribution in [0.3, 0.4) is 0 Å². The second kappa shape index (κ2) is 1.94. The fourth-order valence-corrected chi connectivity index (χ4v) is 1.07. The van der Waals surface area contributed by atoms with E-state index in [1.54, 1.807) is 18.9 Å². The quantitative estimate of drug-likeness (QED) is 0.461. The van der Waals surface area contributed by atoms with E-state index in [2.05, 4.69) is 0 Å². The SMILES string of the molecule is CN1CCC(O)C1(C)O. The van der Waals surface area contributed by atoms with E-state index < -0.39 is 11.8 Å². The van der Waals surface area contributed by atoms with E-state index in [4.69, 9.17) is 5.11 Å². The predicted octanol–water partition coefficient (Wildman–Crippen LogP) is -0.609. The van der Waals surface area contributed by atoms with Crippen molar-refractivity contribution in [3.8, 4) is 0 Å². The molecule has 1 aliphatic heterocycles. The molecule has 0 aromatic heterocycles. The summed E-state index contributed by atoms with van der Waals surface area (Å²) in [6.07, 6.45) is 0.0891. The lowest BCUT2D eigenvalue weighted by Crippen LogP contribution is -2.45. The third kappa shape index (κ3) is 0.956. The van der Waals surface area contributed by atoms with Gasteiger partial charge in [-0.3, -0.25) is 4.90 Å². The van der Waals surface area contributed by atoms with Crippen molar-refractivity contribution in [3.05, 3.63) is 0 Å². The third-order valence-electron chi connectivity index (χ3n) is 2.14. The molecule has 0 radical (unpaired) electrons. The molecular weight excluding hydrogens is 118 g/mol. The van der Waals surface area contributed by atoms with Crippen molar-refractivity contribution in [2.45, 2.75) is 25.2 Å². The topological polar surface area (TPSA) is 43.7 Å². The lowest BCUT2D eigenvalue weighted by Gasteiger charge is -2.28. The maximum Gasteiger partial charge on any atom is 0.141 e. The maximum atomic E-state index is 9.41. The third-order valence-corrected chi connectivity index (χ3v) is 2.14. The highest BCUT2D eigenvalue weighted by atomic mass is 16.4. The van der Waals surface area contributed by atoms with Gasteiger partial charge in [0.1, 0.15) is 5.72 Å². The van der Waals surface area contributed by atoms with Gasteiger partial charge in [0.2, 0.25) is 0 Å². The van der Waals surface area contributed by atoms with Crippen LogP contribution in [0.4, 0.5) is 0 Å². The van der Waals surface area contributed by atoms with Gasteiger partial charge in [0.05, 0.1) is 6.10 Å². The van der Waals surface area contributed by atoms with Crippen molar-refractivity contribution in [2.24, 2.45) is 0 Å². The molecule has 0 saturated carbocycles. The van der Waals surface area contributed by atoms with Gasteiger partial charge in [-0.2, -0.15) is 0 Å². The summed E-state index contributed by atoms with van der Waals surface area (Å²) < 4.78 is 0. The first kappa shape index (κ1) is 6.99. The van der Waals surface area contributed by atoms with E-state index in [1.165, 1.54) is 0 Å². The largest absolute Gasteiger partial charge is 0.389 e. The first-order valence-electron chi connectivity index (χ1n) is 3.17. The monoisotopic (exact) mass is 131 g/mol. The first-order chi connectivity index (χ1) is 4.05. The van der Waals surface area contributed by atoms with Crippen molar-refractivity contribution in [1.82, 2.24) is 4.90 Å². The molecular formula is C6H13NO2. The molecule has 1 saturated heterocycles. The minimum Gasteiger partial charge on any atom is -0.389 e. The molecule has 2 unspecified atom stereocenters. The van der Waals surface area contributed by atoms with Crippen LogP contribution in [0.2, 0.25) is 0 Å². The minimum absolute atomic E-state index is 0.581. The molecule has 0 spiro atoms. The van der Waals surface area contributed by atoms with Gasteiger partial charge in [-0.1, -0.05) is 0 Å². The summed E-state index contributed by atoms with van der Waals surface area (Å²) >= 11 is 0. The Labute approximate surface area is 54.9 Å². The van der Waals surface area contributed by atoms with Crippen molar-refractivity contribution in [2.75, 3.05) is 13.6 Å². The van der Waals surface area contributed by atoms with Crippen LogP contribution in [-0.2, 0) is 0 Å². The van der Waals surface area contributed by atoms with Crippen molar-refractivity contribution in [1.29, 1.82) is 0 Å². The lowest BCUT2D eigenvalue weighted by molar-refractivity contribution is -0.116. The molecule has 1 aliphatic rings. The Morgan fingerprint density at radius 2 is 2.22 bits per heavy atom. The molecule has 0 amide bonds. The Morgan fingerprint density at radius 1 is 1.67 bits per heavy atom. The van der Waals surface area contributed by atoms with Gasteiger partial charge in [-0.15, -0.1) is 0 Å². The van der Waals surface area contributed by atoms with Crippen LogP contribution in [0.1, 0.15) is 13.3 Å². The van der Waals surface area contributed by atoms with Crippen molar-refractivity contribution in [3.63, 3.8) is 0 Å². The molecule has 1 rings (SSSR count). The fraction of sp³-hybridized carbons (Fsp3) is 1.00. The standard InChI is InChI=1S/C6H13NO2/c1-6(9)5(8)3-4-7(6)2/h5,8-9H,3-4H2,1-2H3. The number of rotatable bonds is 0. The number of hydrogen-bond donors (Lipinski definition) is 2. The number of aliphatic hydroxyl groups excluding tert-OH is 1. The van der Waals surface area contributed by atoms with E-state index >= 15 is 0 Å². The summed E-state index contributed by atoms with van der Waals surface area (Å²) in [4.78, 5) is 1.75. The van der Waals surface area contributed by atoms with Crippen molar-refractivity contribution < 1.29 is 10.2 Å². The second-order valence-electron chi connectivity index (χ2n) is 2.82. The van der Waals surface area contributed by atoms with Gasteiger partial charge in [0.15, 0.2) is 0 Å². The molecule has 2 atom stereocenters. The summed E-state index contributed by atoms with van der Waals surface area (Å²) in [5.74, 6) is 0. The fourth-order valence-electron chi connectivity index (χ4n) is 1.07. The van der Waals surface area contributed by atoms with Gasteiger partial charge in [0, 0.05) is 6.54 Å². The Bertz CT molecular complexity index is 102. The first-order valence-corrected chi connectivity index (χ1v) is 3.17. The molecule has 2 N–H and O–H groups in total. The highest BCUT2D eigenvalue weighted by Crippen LogP contribution is 2.23. The normalized spacial score (nSPS) is 46.0. The smallest absolute Gasteiger partial charge is 0.141 e. The van der Waals surface area contributed by atoms with Gasteiger partial charge in [-0.25, -0.2) is 0 Å². The summed E-state index contributed by atoms with van der Waals surface area (Å²) in [7, 11) is 1.80. The number of hydrogen-bond acceptors (Lipinski definition) is 3. The lowest BCUT2D eigenvalue weighted by atomic mass is 10.1.